The molecule has 6 heteroatoms. The molecule has 0 unspecified atom stereocenters. The molecule has 3 nitrogen and oxygen atoms in total. The van der Waals surface area contributed by atoms with E-state index in [-0.39, 0.29) is 25.5 Å². The SMILES string of the molecule is CC(C)(C)c1ccc(-n2c(-c3[c-]cc4c(c3)sc3ccccc34)nc3ccccc32)cc1.[2H]C([2H])([2H])c1c[c-]c(-c2cc[c]([Ge]([CH3])([CH3])[CH3])cn2)cc1.[Ir]. The van der Waals surface area contributed by atoms with Crippen LogP contribution in [0.4, 0.5) is 0 Å². The minimum atomic E-state index is -2.08. The van der Waals surface area contributed by atoms with Gasteiger partial charge in [-0.1, -0.05) is 68.6 Å². The summed E-state index contributed by atoms with van der Waals surface area (Å²) in [4.78, 5) is 9.51. The van der Waals surface area contributed by atoms with Crippen molar-refractivity contribution in [2.24, 2.45) is 0 Å². The molecule has 3 aromatic heterocycles. The third-order valence-corrected chi connectivity index (χ3v) is 14.2. The number of aromatic nitrogens is 3. The minimum Gasteiger partial charge on any atom is 0 e. The summed E-state index contributed by atoms with van der Waals surface area (Å²) < 4.78 is 28.2. The Hall–Kier alpha value is -3.87. The molecule has 5 aromatic carbocycles. The molecule has 0 saturated carbocycles. The van der Waals surface area contributed by atoms with E-state index < -0.39 is 20.1 Å². The number of pyridine rings is 1. The summed E-state index contributed by atoms with van der Waals surface area (Å²) in [6, 6.07) is 45.7. The first-order chi connectivity index (χ1) is 24.7. The van der Waals surface area contributed by atoms with Gasteiger partial charge in [0, 0.05) is 30.5 Å². The van der Waals surface area contributed by atoms with Crippen LogP contribution in [-0.2, 0) is 25.5 Å². The first kappa shape index (κ1) is 32.1. The van der Waals surface area contributed by atoms with Gasteiger partial charge in [0.05, 0.1) is 16.9 Å². The van der Waals surface area contributed by atoms with Gasteiger partial charge in [-0.15, -0.1) is 23.8 Å². The first-order valence-corrected chi connectivity index (χ1v) is 24.7. The fraction of sp³-hybridized carbons (Fsp3) is 0.182. The Bertz CT molecular complexity index is 2450. The summed E-state index contributed by atoms with van der Waals surface area (Å²) in [7, 11) is 0. The van der Waals surface area contributed by atoms with Gasteiger partial charge < -0.3 is 4.57 Å². The molecule has 0 bridgehead atoms. The zero-order valence-electron chi connectivity index (χ0n) is 32.1. The van der Waals surface area contributed by atoms with Crippen LogP contribution in [0.25, 0.3) is 59.5 Å². The van der Waals surface area contributed by atoms with Crippen molar-refractivity contribution in [3.63, 3.8) is 0 Å². The van der Waals surface area contributed by atoms with Crippen molar-refractivity contribution in [2.75, 3.05) is 0 Å². The average molecular weight is 912 g/mol. The van der Waals surface area contributed by atoms with Gasteiger partial charge in [-0.3, -0.25) is 4.98 Å². The summed E-state index contributed by atoms with van der Waals surface area (Å²) in [5, 5.41) is 2.55. The van der Waals surface area contributed by atoms with E-state index in [2.05, 4.69) is 145 Å². The second kappa shape index (κ2) is 14.4. The third kappa shape index (κ3) is 7.43. The Labute approximate surface area is 320 Å². The minimum absolute atomic E-state index is 0. The average Bonchev–Trinajstić information content (AvgIpc) is 3.69. The maximum absolute atomic E-state index is 7.35. The topological polar surface area (TPSA) is 30.7 Å². The molecule has 0 aliphatic heterocycles. The van der Waals surface area contributed by atoms with E-state index in [4.69, 9.17) is 9.10 Å². The molecule has 1 radical (unpaired) electrons. The van der Waals surface area contributed by atoms with E-state index in [0.717, 1.165) is 39.4 Å². The van der Waals surface area contributed by atoms with Gasteiger partial charge in [-0.25, -0.2) is 0 Å². The molecule has 0 aliphatic rings. The van der Waals surface area contributed by atoms with Crippen LogP contribution in [0.1, 0.15) is 36.0 Å². The van der Waals surface area contributed by atoms with E-state index in [1.54, 1.807) is 12.1 Å². The Morgan fingerprint density at radius 3 is 2.18 bits per heavy atom. The Kier molecular flexibility index (Phi) is 9.23. The smallest absolute Gasteiger partial charge is 0 e. The second-order valence-corrected chi connectivity index (χ2v) is 26.2. The molecular weight excluding hydrogens is 867 g/mol. The normalized spacial score (nSPS) is 12.9. The summed E-state index contributed by atoms with van der Waals surface area (Å²) in [6.07, 6.45) is 1.95. The predicted octanol–water partition coefficient (Wildman–Crippen LogP) is 11.6. The van der Waals surface area contributed by atoms with Crippen LogP contribution in [0.2, 0.25) is 17.3 Å². The Morgan fingerprint density at radius 1 is 0.760 bits per heavy atom. The molecule has 0 saturated heterocycles. The van der Waals surface area contributed by atoms with Crippen LogP contribution in [0.15, 0.2) is 121 Å². The van der Waals surface area contributed by atoms with E-state index in [9.17, 15) is 0 Å². The van der Waals surface area contributed by atoms with Crippen molar-refractivity contribution in [1.29, 1.82) is 0 Å². The monoisotopic (exact) mass is 913 g/mol. The molecule has 0 N–H and O–H groups in total. The van der Waals surface area contributed by atoms with E-state index >= 15 is 0 Å². The van der Waals surface area contributed by atoms with Gasteiger partial charge >= 0.3 is 110 Å². The number of aryl methyl sites for hydroxylation is 1. The van der Waals surface area contributed by atoms with Crippen molar-refractivity contribution in [3.8, 4) is 28.3 Å². The molecule has 0 aliphatic carbocycles. The van der Waals surface area contributed by atoms with E-state index in [1.165, 1.54) is 36.2 Å². The standard InChI is InChI=1S/C29H23N2S.C15H18GeN.Ir/c1-29(2,3)20-13-15-21(16-14-20)31-25-10-6-5-9-24(25)30-28(31)19-12-17-23-22-8-4-7-11-26(22)32-27(23)18-19;1-12-5-7-13(8-6-12)15-10-9-14(11-17-15)16(2,3)4;/h4-11,13-18H,1-3H3;5-7,9-11H,1-4H3;/q2*-1;/i;1D3;. The van der Waals surface area contributed by atoms with Gasteiger partial charge in [0.25, 0.3) is 0 Å². The number of imidazole rings is 1. The maximum atomic E-state index is 7.35. The molecule has 0 atom stereocenters. The van der Waals surface area contributed by atoms with Crippen LogP contribution >= 0.6 is 11.3 Å². The van der Waals surface area contributed by atoms with Gasteiger partial charge in [-0.2, -0.15) is 11.3 Å². The zero-order valence-corrected chi connectivity index (χ0v) is 34.4. The molecule has 8 rings (SSSR count). The Morgan fingerprint density at radius 2 is 1.50 bits per heavy atom. The van der Waals surface area contributed by atoms with E-state index in [1.807, 2.05) is 29.7 Å². The number of para-hydroxylation sites is 2. The maximum Gasteiger partial charge on any atom is 0 e. The van der Waals surface area contributed by atoms with Gasteiger partial charge in [0.15, 0.2) is 0 Å². The number of fused-ring (bicyclic) bond motifs is 4. The number of benzene rings is 5. The van der Waals surface area contributed by atoms with E-state index in [0.29, 0.717) is 5.56 Å². The van der Waals surface area contributed by atoms with Crippen LogP contribution in [0.3, 0.4) is 0 Å². The molecule has 253 valence electrons. The molecule has 0 amide bonds. The van der Waals surface area contributed by atoms with Crippen molar-refractivity contribution in [2.45, 2.75) is 50.3 Å². The van der Waals surface area contributed by atoms with Crippen LogP contribution < -0.4 is 4.40 Å². The van der Waals surface area contributed by atoms with Crippen LogP contribution in [0, 0.1) is 19.0 Å². The van der Waals surface area contributed by atoms with Crippen LogP contribution in [-0.4, -0.2) is 27.8 Å². The van der Waals surface area contributed by atoms with Crippen LogP contribution in [0.5, 0.6) is 0 Å². The molecule has 3 heterocycles. The largest absolute Gasteiger partial charge is 0 e. The molecule has 8 aromatic rings. The molecule has 0 spiro atoms. The summed E-state index contributed by atoms with van der Waals surface area (Å²) in [5.41, 5.74) is 7.64. The van der Waals surface area contributed by atoms with Gasteiger partial charge in [-0.05, 0) is 51.4 Å². The van der Waals surface area contributed by atoms with Gasteiger partial charge in [0.1, 0.15) is 0 Å². The Balaban J connectivity index is 0.000000199. The number of rotatable bonds is 4. The zero-order chi connectivity index (χ0) is 36.8. The second-order valence-electron chi connectivity index (χ2n) is 14.5. The third-order valence-electron chi connectivity index (χ3n) is 8.82. The number of thiophene rings is 1. The number of hydrogen-bond donors (Lipinski definition) is 0. The van der Waals surface area contributed by atoms with Crippen molar-refractivity contribution < 1.29 is 24.2 Å². The molecule has 50 heavy (non-hydrogen) atoms. The van der Waals surface area contributed by atoms with Crippen molar-refractivity contribution in [3.05, 3.63) is 145 Å². The molecular formula is C44H41GeIrN3S-2. The summed E-state index contributed by atoms with van der Waals surface area (Å²) in [5.74, 6) is 7.91. The quantitative estimate of drug-likeness (QED) is 0.130. The molecule has 0 fully saturated rings. The number of nitrogens with zero attached hydrogens (tertiary/aromatic N) is 3. The summed E-state index contributed by atoms with van der Waals surface area (Å²) >= 11 is -0.00415. The van der Waals surface area contributed by atoms with Gasteiger partial charge in [0.2, 0.25) is 0 Å². The van der Waals surface area contributed by atoms with Crippen molar-refractivity contribution >= 4 is 60.2 Å². The fourth-order valence-electron chi connectivity index (χ4n) is 5.95. The predicted molar refractivity (Wildman–Crippen MR) is 213 cm³/mol. The number of hydrogen-bond acceptors (Lipinski definition) is 3. The van der Waals surface area contributed by atoms with Crippen molar-refractivity contribution in [1.82, 2.24) is 14.5 Å². The fourth-order valence-corrected chi connectivity index (χ4v) is 9.25. The first-order valence-electron chi connectivity index (χ1n) is 18.1. The summed E-state index contributed by atoms with van der Waals surface area (Å²) in [6.45, 7) is 4.66.